The predicted molar refractivity (Wildman–Crippen MR) is 80.6 cm³/mol. The second-order valence-electron chi connectivity index (χ2n) is 5.72. The number of rotatable bonds is 3. The second-order valence-corrected chi connectivity index (χ2v) is 5.99. The van der Waals surface area contributed by atoms with Crippen LogP contribution in [-0.4, -0.2) is 9.55 Å². The van der Waals surface area contributed by atoms with Crippen molar-refractivity contribution in [2.45, 2.75) is 51.5 Å². The number of para-hydroxylation sites is 1. The third-order valence-electron chi connectivity index (χ3n) is 4.33. The summed E-state index contributed by atoms with van der Waals surface area (Å²) in [6, 6.07) is 6.34. The van der Waals surface area contributed by atoms with E-state index in [1.54, 1.807) is 0 Å². The number of nitrogens with zero attached hydrogens (tertiary/aromatic N) is 2. The maximum atomic E-state index is 6.09. The first-order valence-electron chi connectivity index (χ1n) is 7.30. The van der Waals surface area contributed by atoms with Crippen LogP contribution in [-0.2, 0) is 12.4 Å². The molecular formula is C16H21ClN2. The van der Waals surface area contributed by atoms with Gasteiger partial charge in [-0.15, -0.1) is 11.6 Å². The first-order valence-corrected chi connectivity index (χ1v) is 7.83. The van der Waals surface area contributed by atoms with E-state index in [0.717, 1.165) is 23.8 Å². The monoisotopic (exact) mass is 276 g/mol. The summed E-state index contributed by atoms with van der Waals surface area (Å²) < 4.78 is 2.37. The molecule has 1 aliphatic carbocycles. The van der Waals surface area contributed by atoms with E-state index in [0.29, 0.717) is 5.88 Å². The molecule has 2 nitrogen and oxygen atoms in total. The van der Waals surface area contributed by atoms with Crippen molar-refractivity contribution in [2.75, 3.05) is 0 Å². The van der Waals surface area contributed by atoms with Crippen LogP contribution in [0.5, 0.6) is 0 Å². The number of benzene rings is 1. The summed E-state index contributed by atoms with van der Waals surface area (Å²) in [5, 5.41) is 0. The zero-order chi connectivity index (χ0) is 13.2. The Morgan fingerprint density at radius 3 is 2.79 bits per heavy atom. The van der Waals surface area contributed by atoms with Gasteiger partial charge < -0.3 is 4.57 Å². The van der Waals surface area contributed by atoms with Crippen molar-refractivity contribution in [3.63, 3.8) is 0 Å². The summed E-state index contributed by atoms with van der Waals surface area (Å²) in [6.45, 7) is 3.25. The molecule has 0 unspecified atom stereocenters. The summed E-state index contributed by atoms with van der Waals surface area (Å²) in [5.74, 6) is 2.32. The van der Waals surface area contributed by atoms with Gasteiger partial charge in [-0.05, 0) is 37.3 Å². The van der Waals surface area contributed by atoms with Gasteiger partial charge in [-0.1, -0.05) is 31.4 Å². The zero-order valence-electron chi connectivity index (χ0n) is 11.5. The van der Waals surface area contributed by atoms with Crippen molar-refractivity contribution >= 4 is 22.6 Å². The lowest BCUT2D eigenvalue weighted by Gasteiger charge is -2.23. The van der Waals surface area contributed by atoms with Crippen molar-refractivity contribution in [1.29, 1.82) is 0 Å². The number of fused-ring (bicyclic) bond motifs is 1. The predicted octanol–water partition coefficient (Wildman–Crippen LogP) is 4.66. The fraction of sp³-hybridized carbons (Fsp3) is 0.562. The molecule has 0 bridgehead atoms. The van der Waals surface area contributed by atoms with Gasteiger partial charge in [0.05, 0.1) is 16.9 Å². The number of halogens is 1. The van der Waals surface area contributed by atoms with Crippen molar-refractivity contribution in [3.8, 4) is 0 Å². The van der Waals surface area contributed by atoms with Crippen LogP contribution < -0.4 is 0 Å². The summed E-state index contributed by atoms with van der Waals surface area (Å²) in [5.41, 5.74) is 3.67. The first-order chi connectivity index (χ1) is 9.29. The van der Waals surface area contributed by atoms with Gasteiger partial charge >= 0.3 is 0 Å². The molecule has 1 saturated carbocycles. The molecule has 1 aromatic carbocycles. The average Bonchev–Trinajstić information content (AvgIpc) is 2.79. The van der Waals surface area contributed by atoms with E-state index in [1.807, 2.05) is 0 Å². The SMILES string of the molecule is Cc1cccc2nc(CCl)n(CC3CCCCC3)c12. The molecule has 3 rings (SSSR count). The highest BCUT2D eigenvalue weighted by molar-refractivity contribution is 6.16. The average molecular weight is 277 g/mol. The summed E-state index contributed by atoms with van der Waals surface area (Å²) in [6.07, 6.45) is 6.88. The van der Waals surface area contributed by atoms with Crippen molar-refractivity contribution in [3.05, 3.63) is 29.6 Å². The normalized spacial score (nSPS) is 17.2. The van der Waals surface area contributed by atoms with E-state index < -0.39 is 0 Å². The van der Waals surface area contributed by atoms with Crippen LogP contribution in [0, 0.1) is 12.8 Å². The molecule has 0 radical (unpaired) electrons. The quantitative estimate of drug-likeness (QED) is 0.745. The lowest BCUT2D eigenvalue weighted by atomic mass is 9.89. The van der Waals surface area contributed by atoms with E-state index in [9.17, 15) is 0 Å². The summed E-state index contributed by atoms with van der Waals surface area (Å²) in [4.78, 5) is 4.69. The lowest BCUT2D eigenvalue weighted by molar-refractivity contribution is 0.320. The van der Waals surface area contributed by atoms with Crippen LogP contribution >= 0.6 is 11.6 Å². The van der Waals surface area contributed by atoms with Gasteiger partial charge in [0.1, 0.15) is 5.82 Å². The van der Waals surface area contributed by atoms with Crippen LogP contribution in [0.1, 0.15) is 43.5 Å². The summed E-state index contributed by atoms with van der Waals surface area (Å²) in [7, 11) is 0. The molecule has 1 aromatic heterocycles. The van der Waals surface area contributed by atoms with E-state index in [2.05, 4.69) is 34.7 Å². The first kappa shape index (κ1) is 13.0. The maximum Gasteiger partial charge on any atom is 0.124 e. The Morgan fingerprint density at radius 2 is 2.05 bits per heavy atom. The second kappa shape index (κ2) is 5.54. The molecule has 1 heterocycles. The Morgan fingerprint density at radius 1 is 1.26 bits per heavy atom. The van der Waals surface area contributed by atoms with Crippen LogP contribution in [0.2, 0.25) is 0 Å². The number of aromatic nitrogens is 2. The van der Waals surface area contributed by atoms with Crippen molar-refractivity contribution in [1.82, 2.24) is 9.55 Å². The standard InChI is InChI=1S/C16H21ClN2/c1-12-6-5-9-14-16(12)19(15(10-17)18-14)11-13-7-3-2-4-8-13/h5-6,9,13H,2-4,7-8,10-11H2,1H3. The van der Waals surface area contributed by atoms with Gasteiger partial charge in [0.25, 0.3) is 0 Å². The number of hydrogen-bond donors (Lipinski definition) is 0. The minimum Gasteiger partial charge on any atom is -0.326 e. The van der Waals surface area contributed by atoms with Crippen LogP contribution in [0.3, 0.4) is 0 Å². The van der Waals surface area contributed by atoms with Gasteiger partial charge in [0, 0.05) is 6.54 Å². The zero-order valence-corrected chi connectivity index (χ0v) is 12.3. The molecule has 1 aliphatic rings. The Hall–Kier alpha value is -1.02. The maximum absolute atomic E-state index is 6.09. The van der Waals surface area contributed by atoms with Crippen molar-refractivity contribution in [2.24, 2.45) is 5.92 Å². The van der Waals surface area contributed by atoms with Crippen LogP contribution in [0.25, 0.3) is 11.0 Å². The molecule has 2 aromatic rings. The Balaban J connectivity index is 2.00. The van der Waals surface area contributed by atoms with Gasteiger partial charge in [-0.2, -0.15) is 0 Å². The number of imidazole rings is 1. The van der Waals surface area contributed by atoms with Gasteiger partial charge in [-0.3, -0.25) is 0 Å². The Kier molecular flexibility index (Phi) is 3.79. The van der Waals surface area contributed by atoms with Gasteiger partial charge in [0.2, 0.25) is 0 Å². The van der Waals surface area contributed by atoms with Crippen LogP contribution in [0.15, 0.2) is 18.2 Å². The summed E-state index contributed by atoms with van der Waals surface area (Å²) >= 11 is 6.09. The molecule has 0 N–H and O–H groups in total. The molecule has 1 fully saturated rings. The molecule has 3 heteroatoms. The van der Waals surface area contributed by atoms with E-state index >= 15 is 0 Å². The molecule has 0 saturated heterocycles. The number of hydrogen-bond acceptors (Lipinski definition) is 1. The van der Waals surface area contributed by atoms with Gasteiger partial charge in [-0.25, -0.2) is 4.98 Å². The molecule has 19 heavy (non-hydrogen) atoms. The molecular weight excluding hydrogens is 256 g/mol. The minimum absolute atomic E-state index is 0.501. The van der Waals surface area contributed by atoms with E-state index in [-0.39, 0.29) is 0 Å². The molecule has 0 aliphatic heterocycles. The smallest absolute Gasteiger partial charge is 0.124 e. The highest BCUT2D eigenvalue weighted by Crippen LogP contribution is 2.28. The van der Waals surface area contributed by atoms with Crippen LogP contribution in [0.4, 0.5) is 0 Å². The topological polar surface area (TPSA) is 17.8 Å². The minimum atomic E-state index is 0.501. The lowest BCUT2D eigenvalue weighted by Crippen LogP contribution is -2.15. The largest absolute Gasteiger partial charge is 0.326 e. The highest BCUT2D eigenvalue weighted by Gasteiger charge is 2.18. The fourth-order valence-corrected chi connectivity index (χ4v) is 3.54. The van der Waals surface area contributed by atoms with E-state index in [1.165, 1.54) is 43.2 Å². The Labute approximate surface area is 119 Å². The number of aryl methyl sites for hydroxylation is 1. The number of alkyl halides is 1. The highest BCUT2D eigenvalue weighted by atomic mass is 35.5. The third-order valence-corrected chi connectivity index (χ3v) is 4.57. The van der Waals surface area contributed by atoms with Gasteiger partial charge in [0.15, 0.2) is 0 Å². The fourth-order valence-electron chi connectivity index (χ4n) is 3.34. The molecule has 0 amide bonds. The molecule has 0 spiro atoms. The van der Waals surface area contributed by atoms with E-state index in [4.69, 9.17) is 11.6 Å². The Bertz CT molecular complexity index is 567. The molecule has 102 valence electrons. The molecule has 0 atom stereocenters. The van der Waals surface area contributed by atoms with Crippen molar-refractivity contribution < 1.29 is 0 Å². The third kappa shape index (κ3) is 2.51.